The van der Waals surface area contributed by atoms with Crippen LogP contribution in [0, 0.1) is 0 Å². The zero-order valence-electron chi connectivity index (χ0n) is 19.8. The Morgan fingerprint density at radius 3 is 2.50 bits per heavy atom. The molecule has 1 atom stereocenters. The third kappa shape index (κ3) is 5.28. The van der Waals surface area contributed by atoms with Crippen molar-refractivity contribution >= 4 is 64.5 Å². The van der Waals surface area contributed by atoms with Crippen LogP contribution in [0.5, 0.6) is 0 Å². The smallest absolute Gasteiger partial charge is 0.259 e. The van der Waals surface area contributed by atoms with Gasteiger partial charge in [0.15, 0.2) is 0 Å². The first-order valence-electron chi connectivity index (χ1n) is 11.1. The van der Waals surface area contributed by atoms with Crippen molar-refractivity contribution in [2.75, 3.05) is 36.2 Å². The van der Waals surface area contributed by atoms with Crippen LogP contribution in [0.1, 0.15) is 27.5 Å². The molecule has 186 valence electrons. The highest BCUT2D eigenvalue weighted by atomic mass is 35.5. The number of aromatic nitrogens is 1. The summed E-state index contributed by atoms with van der Waals surface area (Å²) in [7, 11) is 3.78. The van der Waals surface area contributed by atoms with Gasteiger partial charge < -0.3 is 15.5 Å². The average molecular weight is 524 g/mol. The fraction of sp³-hybridized carbons (Fsp3) is 0.148. The van der Waals surface area contributed by atoms with Gasteiger partial charge in [-0.05, 0) is 34.7 Å². The Balaban J connectivity index is 0.00000180. The van der Waals surface area contributed by atoms with Gasteiger partial charge in [-0.2, -0.15) is 0 Å². The highest BCUT2D eigenvalue weighted by molar-refractivity contribution is 6.08. The van der Waals surface area contributed by atoms with Crippen LogP contribution in [0.2, 0.25) is 0 Å². The first kappa shape index (κ1) is 26.9. The zero-order valence-corrected chi connectivity index (χ0v) is 21.5. The van der Waals surface area contributed by atoms with Crippen LogP contribution >= 0.6 is 24.8 Å². The van der Waals surface area contributed by atoms with E-state index in [2.05, 4.69) is 33.1 Å². The summed E-state index contributed by atoms with van der Waals surface area (Å²) < 4.78 is 0. The Morgan fingerprint density at radius 2 is 1.75 bits per heavy atom. The van der Waals surface area contributed by atoms with Gasteiger partial charge in [0.1, 0.15) is 0 Å². The number of amides is 2. The van der Waals surface area contributed by atoms with Crippen molar-refractivity contribution in [1.82, 2.24) is 10.3 Å². The number of anilines is 3. The number of hydrogen-bond donors (Lipinski definition) is 3. The zero-order chi connectivity index (χ0) is 23.7. The number of hydrogen-bond acceptors (Lipinski definition) is 5. The molecule has 1 aliphatic rings. The van der Waals surface area contributed by atoms with Crippen LogP contribution in [0.3, 0.4) is 0 Å². The van der Waals surface area contributed by atoms with Crippen molar-refractivity contribution in [3.63, 3.8) is 0 Å². The third-order valence-corrected chi connectivity index (χ3v) is 6.03. The number of halogens is 2. The van der Waals surface area contributed by atoms with E-state index in [4.69, 9.17) is 0 Å². The molecule has 2 amide bonds. The number of nitrogens with one attached hydrogen (secondary N) is 3. The summed E-state index contributed by atoms with van der Waals surface area (Å²) in [5, 5.41) is 11.5. The molecule has 1 aromatic heterocycles. The Morgan fingerprint density at radius 1 is 1.00 bits per heavy atom. The summed E-state index contributed by atoms with van der Waals surface area (Å²) >= 11 is 0. The predicted molar refractivity (Wildman–Crippen MR) is 150 cm³/mol. The van der Waals surface area contributed by atoms with Crippen LogP contribution in [0.25, 0.3) is 10.8 Å². The normalized spacial score (nSPS) is 14.4. The van der Waals surface area contributed by atoms with Gasteiger partial charge in [0, 0.05) is 37.6 Å². The minimum absolute atomic E-state index is 0. The van der Waals surface area contributed by atoms with E-state index in [-0.39, 0.29) is 49.2 Å². The molecule has 9 heteroatoms. The summed E-state index contributed by atoms with van der Waals surface area (Å²) in [5.41, 5.74) is 4.83. The van der Waals surface area contributed by atoms with Gasteiger partial charge in [-0.1, -0.05) is 48.5 Å². The predicted octanol–water partition coefficient (Wildman–Crippen LogP) is 5.03. The number of rotatable bonds is 4. The molecule has 0 saturated carbocycles. The quantitative estimate of drug-likeness (QED) is 0.349. The Labute approximate surface area is 222 Å². The number of carbonyl (C=O) groups excluding carboxylic acids is 2. The molecule has 0 bridgehead atoms. The van der Waals surface area contributed by atoms with Crippen molar-refractivity contribution in [3.05, 3.63) is 95.8 Å². The first-order chi connectivity index (χ1) is 16.5. The second-order valence-electron chi connectivity index (χ2n) is 8.48. The Hall–Kier alpha value is -3.65. The van der Waals surface area contributed by atoms with Gasteiger partial charge >= 0.3 is 0 Å². The summed E-state index contributed by atoms with van der Waals surface area (Å²) in [4.78, 5) is 31.3. The molecule has 3 aromatic carbocycles. The maximum atomic E-state index is 12.9. The standard InChI is InChI=1S/C27H25N5O2.2ClH/c1-32(2)23-13-14-28-15-22(23)27(34)30-19-10-7-18(8-11-19)25-21-12-9-17-5-3-4-6-20(17)26(21)31-24(33)16-29-25;;/h3-15,25,29H,16H2,1-2H3,(H,30,34)(H,31,33);2*1H. The van der Waals surface area contributed by atoms with E-state index in [9.17, 15) is 9.59 Å². The Bertz CT molecular complexity index is 1390. The highest BCUT2D eigenvalue weighted by Crippen LogP contribution is 2.36. The van der Waals surface area contributed by atoms with Crippen molar-refractivity contribution in [2.45, 2.75) is 6.04 Å². The number of benzene rings is 3. The fourth-order valence-electron chi connectivity index (χ4n) is 4.36. The summed E-state index contributed by atoms with van der Waals surface area (Å²) in [5.74, 6) is -0.291. The number of carbonyl (C=O) groups is 2. The summed E-state index contributed by atoms with van der Waals surface area (Å²) in [6.07, 6.45) is 3.24. The lowest BCUT2D eigenvalue weighted by molar-refractivity contribution is -0.115. The molecule has 1 aliphatic heterocycles. The van der Waals surface area contributed by atoms with Crippen LogP contribution in [-0.4, -0.2) is 37.4 Å². The summed E-state index contributed by atoms with van der Waals surface area (Å²) in [6, 6.07) is 21.5. The first-order valence-corrected chi connectivity index (χ1v) is 11.1. The summed E-state index contributed by atoms with van der Waals surface area (Å²) in [6.45, 7) is 0.209. The lowest BCUT2D eigenvalue weighted by Gasteiger charge is -2.20. The van der Waals surface area contributed by atoms with E-state index in [1.165, 1.54) is 0 Å². The maximum absolute atomic E-state index is 12.9. The SMILES string of the molecule is CN(C)c1ccncc1C(=O)Nc1ccc(C2NCC(=O)Nc3c2ccc2ccccc32)cc1.Cl.Cl. The van der Waals surface area contributed by atoms with Crippen LogP contribution < -0.4 is 20.9 Å². The third-order valence-electron chi connectivity index (χ3n) is 6.03. The Kier molecular flexibility index (Phi) is 8.53. The molecule has 1 unspecified atom stereocenters. The lowest BCUT2D eigenvalue weighted by Crippen LogP contribution is -2.27. The van der Waals surface area contributed by atoms with E-state index in [1.807, 2.05) is 73.6 Å². The lowest BCUT2D eigenvalue weighted by atomic mass is 9.94. The molecule has 5 rings (SSSR count). The minimum atomic E-state index is -0.219. The molecular weight excluding hydrogens is 497 g/mol. The van der Waals surface area contributed by atoms with Crippen molar-refractivity contribution < 1.29 is 9.59 Å². The second kappa shape index (κ2) is 11.4. The molecule has 3 N–H and O–H groups in total. The van der Waals surface area contributed by atoms with Gasteiger partial charge in [0.2, 0.25) is 5.91 Å². The second-order valence-corrected chi connectivity index (χ2v) is 8.48. The highest BCUT2D eigenvalue weighted by Gasteiger charge is 2.24. The molecule has 0 saturated heterocycles. The molecule has 7 nitrogen and oxygen atoms in total. The molecule has 2 heterocycles. The van der Waals surface area contributed by atoms with Gasteiger partial charge in [-0.25, -0.2) is 0 Å². The van der Waals surface area contributed by atoms with Gasteiger partial charge in [-0.3, -0.25) is 19.9 Å². The minimum Gasteiger partial charge on any atom is -0.377 e. The molecule has 0 fully saturated rings. The molecule has 4 aromatic rings. The van der Waals surface area contributed by atoms with E-state index >= 15 is 0 Å². The van der Waals surface area contributed by atoms with E-state index < -0.39 is 0 Å². The molecule has 36 heavy (non-hydrogen) atoms. The fourth-order valence-corrected chi connectivity index (χ4v) is 4.36. The van der Waals surface area contributed by atoms with Crippen LogP contribution in [-0.2, 0) is 4.79 Å². The molecular formula is C27H27Cl2N5O2. The van der Waals surface area contributed by atoms with Crippen LogP contribution in [0.4, 0.5) is 17.1 Å². The van der Waals surface area contributed by atoms with Gasteiger partial charge in [-0.15, -0.1) is 24.8 Å². The number of fused-ring (bicyclic) bond motifs is 3. The number of pyridine rings is 1. The molecule has 0 spiro atoms. The monoisotopic (exact) mass is 523 g/mol. The van der Waals surface area contributed by atoms with E-state index in [0.29, 0.717) is 11.3 Å². The topological polar surface area (TPSA) is 86.4 Å². The largest absolute Gasteiger partial charge is 0.377 e. The maximum Gasteiger partial charge on any atom is 0.259 e. The van der Waals surface area contributed by atoms with Gasteiger partial charge in [0.25, 0.3) is 5.91 Å². The van der Waals surface area contributed by atoms with E-state index in [0.717, 1.165) is 33.3 Å². The van der Waals surface area contributed by atoms with E-state index in [1.54, 1.807) is 12.4 Å². The van der Waals surface area contributed by atoms with Crippen molar-refractivity contribution in [2.24, 2.45) is 0 Å². The number of nitrogens with zero attached hydrogens (tertiary/aromatic N) is 2. The van der Waals surface area contributed by atoms with Crippen molar-refractivity contribution in [1.29, 1.82) is 0 Å². The molecule has 0 aliphatic carbocycles. The average Bonchev–Trinajstić information content (AvgIpc) is 3.03. The van der Waals surface area contributed by atoms with Crippen LogP contribution in [0.15, 0.2) is 79.1 Å². The molecule has 0 radical (unpaired) electrons. The van der Waals surface area contributed by atoms with Gasteiger partial charge in [0.05, 0.1) is 29.5 Å². The van der Waals surface area contributed by atoms with Crippen molar-refractivity contribution in [3.8, 4) is 0 Å².